The third-order valence-electron chi connectivity index (χ3n) is 3.25. The molecule has 0 amide bonds. The summed E-state index contributed by atoms with van der Waals surface area (Å²) in [6.07, 6.45) is 2.62. The van der Waals surface area contributed by atoms with E-state index in [1.807, 2.05) is 0 Å². The van der Waals surface area contributed by atoms with Crippen LogP contribution in [-0.2, 0) is 0 Å². The van der Waals surface area contributed by atoms with E-state index in [2.05, 4.69) is 0 Å². The number of nitrogens with zero attached hydrogens (tertiary/aromatic N) is 1. The molecule has 1 aliphatic rings. The maximum atomic E-state index is 13.9. The molecule has 98 valence electrons. The molecular formula is C13H9F2NO3. The van der Waals surface area contributed by atoms with Crippen molar-refractivity contribution in [2.24, 2.45) is 0 Å². The van der Waals surface area contributed by atoms with Gasteiger partial charge in [-0.25, -0.2) is 13.6 Å². The summed E-state index contributed by atoms with van der Waals surface area (Å²) in [5.41, 5.74) is -1.68. The lowest BCUT2D eigenvalue weighted by Gasteiger charge is -2.12. The Hall–Kier alpha value is -2.24. The predicted octanol–water partition coefficient (Wildman–Crippen LogP) is 2.31. The molecule has 4 nitrogen and oxygen atoms in total. The summed E-state index contributed by atoms with van der Waals surface area (Å²) in [7, 11) is 0. The fourth-order valence-electron chi connectivity index (χ4n) is 2.20. The summed E-state index contributed by atoms with van der Waals surface area (Å²) in [6.45, 7) is 0. The SMILES string of the molecule is O=C(O)c1cn(C2CC2)c2c(F)ccc(F)c2c1=O. The van der Waals surface area contributed by atoms with Crippen molar-refractivity contribution in [3.63, 3.8) is 0 Å². The average Bonchev–Trinajstić information content (AvgIpc) is 3.17. The Morgan fingerprint density at radius 1 is 1.26 bits per heavy atom. The lowest BCUT2D eigenvalue weighted by molar-refractivity contribution is 0.0695. The fourth-order valence-corrected chi connectivity index (χ4v) is 2.20. The average molecular weight is 265 g/mol. The van der Waals surface area contributed by atoms with Crippen LogP contribution in [0.5, 0.6) is 0 Å². The first-order chi connectivity index (χ1) is 9.00. The van der Waals surface area contributed by atoms with Crippen molar-refractivity contribution in [1.82, 2.24) is 4.57 Å². The van der Waals surface area contributed by atoms with E-state index in [1.165, 1.54) is 4.57 Å². The smallest absolute Gasteiger partial charge is 0.341 e. The molecule has 0 aliphatic heterocycles. The van der Waals surface area contributed by atoms with Gasteiger partial charge in [-0.2, -0.15) is 0 Å². The number of carboxylic acid groups (broad SMARTS) is 1. The maximum absolute atomic E-state index is 13.9. The van der Waals surface area contributed by atoms with Crippen LogP contribution in [0.4, 0.5) is 8.78 Å². The molecular weight excluding hydrogens is 256 g/mol. The molecule has 3 rings (SSSR count). The largest absolute Gasteiger partial charge is 0.477 e. The van der Waals surface area contributed by atoms with Crippen molar-refractivity contribution in [2.45, 2.75) is 18.9 Å². The number of carboxylic acids is 1. The Kier molecular flexibility index (Phi) is 2.41. The van der Waals surface area contributed by atoms with Gasteiger partial charge in [-0.05, 0) is 25.0 Å². The quantitative estimate of drug-likeness (QED) is 0.906. The molecule has 0 spiro atoms. The number of benzene rings is 1. The number of aromatic carboxylic acids is 1. The van der Waals surface area contributed by atoms with Gasteiger partial charge < -0.3 is 9.67 Å². The van der Waals surface area contributed by atoms with Gasteiger partial charge in [0, 0.05) is 12.2 Å². The number of hydrogen-bond donors (Lipinski definition) is 1. The van der Waals surface area contributed by atoms with Gasteiger partial charge in [0.1, 0.15) is 17.2 Å². The minimum atomic E-state index is -1.44. The van der Waals surface area contributed by atoms with Crippen molar-refractivity contribution in [3.8, 4) is 0 Å². The molecule has 1 aliphatic carbocycles. The van der Waals surface area contributed by atoms with Crippen LogP contribution in [0, 0.1) is 11.6 Å². The predicted molar refractivity (Wildman–Crippen MR) is 63.4 cm³/mol. The summed E-state index contributed by atoms with van der Waals surface area (Å²) in [5, 5.41) is 8.49. The van der Waals surface area contributed by atoms with Crippen molar-refractivity contribution in [1.29, 1.82) is 0 Å². The summed E-state index contributed by atoms with van der Waals surface area (Å²) < 4.78 is 29.0. The van der Waals surface area contributed by atoms with Crippen molar-refractivity contribution >= 4 is 16.9 Å². The van der Waals surface area contributed by atoms with Crippen LogP contribution in [0.2, 0.25) is 0 Å². The van der Waals surface area contributed by atoms with Gasteiger partial charge in [0.05, 0.1) is 10.9 Å². The van der Waals surface area contributed by atoms with Crippen molar-refractivity contribution < 1.29 is 18.7 Å². The number of rotatable bonds is 2. The molecule has 1 heterocycles. The topological polar surface area (TPSA) is 59.3 Å². The molecule has 1 fully saturated rings. The molecule has 6 heteroatoms. The highest BCUT2D eigenvalue weighted by Gasteiger charge is 2.28. The fraction of sp³-hybridized carbons (Fsp3) is 0.231. The van der Waals surface area contributed by atoms with Crippen LogP contribution in [0.15, 0.2) is 23.1 Å². The number of pyridine rings is 1. The highest BCUT2D eigenvalue weighted by Crippen LogP contribution is 2.37. The number of fused-ring (bicyclic) bond motifs is 1. The molecule has 1 saturated carbocycles. The van der Waals surface area contributed by atoms with E-state index in [0.29, 0.717) is 0 Å². The zero-order chi connectivity index (χ0) is 13.7. The Bertz CT molecular complexity index is 763. The maximum Gasteiger partial charge on any atom is 0.341 e. The van der Waals surface area contributed by atoms with Gasteiger partial charge in [-0.15, -0.1) is 0 Å². The Morgan fingerprint density at radius 2 is 1.89 bits per heavy atom. The second kappa shape index (κ2) is 3.88. The molecule has 19 heavy (non-hydrogen) atoms. The zero-order valence-electron chi connectivity index (χ0n) is 9.69. The lowest BCUT2D eigenvalue weighted by atomic mass is 10.1. The summed E-state index contributed by atoms with van der Waals surface area (Å²) in [4.78, 5) is 23.0. The Labute approximate surface area is 105 Å². The van der Waals surface area contributed by atoms with Gasteiger partial charge in [-0.1, -0.05) is 0 Å². The lowest BCUT2D eigenvalue weighted by Crippen LogP contribution is -2.20. The van der Waals surface area contributed by atoms with Crippen LogP contribution >= 0.6 is 0 Å². The first kappa shape index (κ1) is 11.8. The second-order valence-corrected chi connectivity index (χ2v) is 4.57. The molecule has 1 aromatic carbocycles. The van der Waals surface area contributed by atoms with Gasteiger partial charge in [0.25, 0.3) is 0 Å². The van der Waals surface area contributed by atoms with E-state index in [4.69, 9.17) is 5.11 Å². The standard InChI is InChI=1S/C13H9F2NO3/c14-8-3-4-9(15)11-10(8)12(17)7(13(18)19)5-16(11)6-1-2-6/h3-6H,1-2H2,(H,18,19). The number of halogens is 2. The minimum absolute atomic E-state index is 0.0718. The number of hydrogen-bond acceptors (Lipinski definition) is 2. The third kappa shape index (κ3) is 1.71. The zero-order valence-corrected chi connectivity index (χ0v) is 9.69. The highest BCUT2D eigenvalue weighted by molar-refractivity contribution is 5.93. The van der Waals surface area contributed by atoms with Gasteiger partial charge in [0.2, 0.25) is 5.43 Å². The van der Waals surface area contributed by atoms with Gasteiger partial charge in [0.15, 0.2) is 0 Å². The summed E-state index contributed by atoms with van der Waals surface area (Å²) in [6, 6.07) is 1.70. The van der Waals surface area contributed by atoms with Crippen LogP contribution < -0.4 is 5.43 Å². The molecule has 1 N–H and O–H groups in total. The monoisotopic (exact) mass is 265 g/mol. The highest BCUT2D eigenvalue weighted by atomic mass is 19.1. The van der Waals surface area contributed by atoms with E-state index < -0.39 is 34.0 Å². The van der Waals surface area contributed by atoms with Crippen LogP contribution in [0.3, 0.4) is 0 Å². The van der Waals surface area contributed by atoms with E-state index in [0.717, 1.165) is 31.2 Å². The molecule has 1 aromatic heterocycles. The van der Waals surface area contributed by atoms with Crippen LogP contribution in [0.25, 0.3) is 10.9 Å². The van der Waals surface area contributed by atoms with Gasteiger partial charge >= 0.3 is 5.97 Å². The molecule has 0 bridgehead atoms. The molecule has 0 saturated heterocycles. The third-order valence-corrected chi connectivity index (χ3v) is 3.25. The number of carbonyl (C=O) groups is 1. The normalized spacial score (nSPS) is 14.8. The van der Waals surface area contributed by atoms with E-state index >= 15 is 0 Å². The number of aromatic nitrogens is 1. The van der Waals surface area contributed by atoms with Crippen molar-refractivity contribution in [3.05, 3.63) is 45.8 Å². The van der Waals surface area contributed by atoms with Gasteiger partial charge in [-0.3, -0.25) is 4.79 Å². The van der Waals surface area contributed by atoms with E-state index in [9.17, 15) is 18.4 Å². The molecule has 0 unspecified atom stereocenters. The second-order valence-electron chi connectivity index (χ2n) is 4.57. The molecule has 0 radical (unpaired) electrons. The van der Waals surface area contributed by atoms with Crippen LogP contribution in [0.1, 0.15) is 29.2 Å². The molecule has 2 aromatic rings. The van der Waals surface area contributed by atoms with Crippen molar-refractivity contribution in [2.75, 3.05) is 0 Å². The summed E-state index contributed by atoms with van der Waals surface area (Å²) >= 11 is 0. The Morgan fingerprint density at radius 3 is 2.47 bits per heavy atom. The van der Waals surface area contributed by atoms with E-state index in [-0.39, 0.29) is 11.6 Å². The Balaban J connectivity index is 2.53. The minimum Gasteiger partial charge on any atom is -0.477 e. The van der Waals surface area contributed by atoms with E-state index in [1.54, 1.807) is 0 Å². The first-order valence-electron chi connectivity index (χ1n) is 5.77. The summed E-state index contributed by atoms with van der Waals surface area (Å²) in [5.74, 6) is -3.07. The first-order valence-corrected chi connectivity index (χ1v) is 5.77. The molecule has 0 atom stereocenters. The van der Waals surface area contributed by atoms with Crippen LogP contribution in [-0.4, -0.2) is 15.6 Å².